The van der Waals surface area contributed by atoms with Gasteiger partial charge in [-0.15, -0.1) is 5.06 Å². The van der Waals surface area contributed by atoms with E-state index in [-0.39, 0.29) is 6.04 Å². The Bertz CT molecular complexity index is 1360. The van der Waals surface area contributed by atoms with Crippen molar-refractivity contribution < 1.29 is 14.4 Å². The molecule has 1 atom stereocenters. The molecule has 0 bridgehead atoms. The van der Waals surface area contributed by atoms with Gasteiger partial charge in [-0.1, -0.05) is 43.3 Å². The van der Waals surface area contributed by atoms with Crippen molar-refractivity contribution in [1.82, 2.24) is 29.5 Å². The Kier molecular flexibility index (Phi) is 9.84. The van der Waals surface area contributed by atoms with Crippen molar-refractivity contribution in [3.05, 3.63) is 70.2 Å². The van der Waals surface area contributed by atoms with Crippen LogP contribution in [0, 0.1) is 13.8 Å². The van der Waals surface area contributed by atoms with E-state index in [1.165, 1.54) is 16.7 Å². The summed E-state index contributed by atoms with van der Waals surface area (Å²) >= 11 is 0. The summed E-state index contributed by atoms with van der Waals surface area (Å²) in [5.41, 5.74) is 7.26. The van der Waals surface area contributed by atoms with E-state index < -0.39 is 11.8 Å². The number of hydroxylamine groups is 2. The van der Waals surface area contributed by atoms with Gasteiger partial charge in [-0.3, -0.25) is 4.90 Å². The molecule has 222 valence electrons. The summed E-state index contributed by atoms with van der Waals surface area (Å²) in [4.78, 5) is 27.2. The molecule has 3 heterocycles. The van der Waals surface area contributed by atoms with E-state index in [1.807, 2.05) is 46.3 Å². The van der Waals surface area contributed by atoms with Gasteiger partial charge in [0.15, 0.2) is 5.65 Å². The number of carbonyl (C=O) groups excluding carboxylic acids is 1. The lowest BCUT2D eigenvalue weighted by atomic mass is 10.0. The van der Waals surface area contributed by atoms with Crippen LogP contribution in [0.3, 0.4) is 0 Å². The molecular formula is C32H46N6O3. The van der Waals surface area contributed by atoms with Crippen molar-refractivity contribution >= 4 is 17.9 Å². The lowest BCUT2D eigenvalue weighted by Crippen LogP contribution is -2.56. The van der Waals surface area contributed by atoms with Crippen molar-refractivity contribution in [2.24, 2.45) is 0 Å². The van der Waals surface area contributed by atoms with E-state index in [4.69, 9.17) is 19.7 Å². The van der Waals surface area contributed by atoms with Gasteiger partial charge in [-0.25, -0.2) is 14.3 Å². The number of benzene rings is 1. The number of carbonyl (C=O) groups is 1. The number of aryl methyl sites for hydroxylation is 3. The number of nitrogens with zero attached hydrogens (tertiary/aromatic N) is 6. The fourth-order valence-corrected chi connectivity index (χ4v) is 5.29. The van der Waals surface area contributed by atoms with Gasteiger partial charge in [0.05, 0.1) is 11.7 Å². The maximum atomic E-state index is 12.3. The Morgan fingerprint density at radius 1 is 1.15 bits per heavy atom. The molecule has 9 heteroatoms. The molecule has 1 aliphatic heterocycles. The smallest absolute Gasteiger partial charge is 0.427 e. The van der Waals surface area contributed by atoms with Crippen LogP contribution in [0.5, 0.6) is 0 Å². The number of aromatic nitrogens is 3. The van der Waals surface area contributed by atoms with Crippen LogP contribution in [0.25, 0.3) is 11.7 Å². The Morgan fingerprint density at radius 2 is 1.88 bits per heavy atom. The Labute approximate surface area is 244 Å². The van der Waals surface area contributed by atoms with Crippen molar-refractivity contribution in [1.29, 1.82) is 0 Å². The van der Waals surface area contributed by atoms with Gasteiger partial charge < -0.3 is 14.5 Å². The number of ether oxygens (including phenoxy) is 1. The van der Waals surface area contributed by atoms with Crippen LogP contribution in [0.1, 0.15) is 61.5 Å². The molecule has 0 N–H and O–H groups in total. The summed E-state index contributed by atoms with van der Waals surface area (Å²) in [5, 5.41) is 6.60. The van der Waals surface area contributed by atoms with E-state index in [1.54, 1.807) is 5.06 Å². The van der Waals surface area contributed by atoms with Crippen LogP contribution in [-0.4, -0.2) is 94.1 Å². The van der Waals surface area contributed by atoms with Crippen molar-refractivity contribution in [2.45, 2.75) is 66.0 Å². The first-order chi connectivity index (χ1) is 19.4. The molecule has 0 spiro atoms. The van der Waals surface area contributed by atoms with Gasteiger partial charge in [0, 0.05) is 56.1 Å². The van der Waals surface area contributed by atoms with Crippen molar-refractivity contribution in [3.8, 4) is 0 Å². The van der Waals surface area contributed by atoms with E-state index >= 15 is 0 Å². The zero-order valence-electron chi connectivity index (χ0n) is 26.0. The zero-order valence-corrected chi connectivity index (χ0v) is 26.0. The first-order valence-electron chi connectivity index (χ1n) is 14.6. The van der Waals surface area contributed by atoms with Crippen molar-refractivity contribution in [3.63, 3.8) is 0 Å². The average Bonchev–Trinajstić information content (AvgIpc) is 3.22. The molecule has 41 heavy (non-hydrogen) atoms. The Balaban J connectivity index is 1.35. The number of hydrogen-bond donors (Lipinski definition) is 0. The monoisotopic (exact) mass is 562 g/mol. The third-order valence-electron chi connectivity index (χ3n) is 7.11. The number of piperazine rings is 1. The SMILES string of the molecule is CCc1nn2c(C)cc(C)nc2c1Cc1ccc(/C=C/CN2CCN(OC(=O)OC(C)(C)C)[C@@H](CN(C)C)C2)cc1. The third kappa shape index (κ3) is 8.38. The summed E-state index contributed by atoms with van der Waals surface area (Å²) in [5.74, 6) is 0. The van der Waals surface area contributed by atoms with Crippen LogP contribution < -0.4 is 0 Å². The fraction of sp³-hybridized carbons (Fsp3) is 0.531. The largest absolute Gasteiger partial charge is 0.528 e. The number of likely N-dealkylation sites (N-methyl/N-ethyl adjacent to an activating group) is 1. The second-order valence-electron chi connectivity index (χ2n) is 12.2. The molecule has 2 aromatic heterocycles. The van der Waals surface area contributed by atoms with Gasteiger partial charge in [0.25, 0.3) is 0 Å². The molecule has 4 rings (SSSR count). The van der Waals surface area contributed by atoms with Crippen molar-refractivity contribution in [2.75, 3.05) is 46.8 Å². The molecule has 1 aliphatic rings. The summed E-state index contributed by atoms with van der Waals surface area (Å²) in [6.45, 7) is 15.7. The molecule has 1 aromatic carbocycles. The van der Waals surface area contributed by atoms with Crippen LogP contribution >= 0.6 is 0 Å². The summed E-state index contributed by atoms with van der Waals surface area (Å²) in [6, 6.07) is 10.9. The summed E-state index contributed by atoms with van der Waals surface area (Å²) in [6.07, 6.45) is 5.44. The highest BCUT2D eigenvalue weighted by molar-refractivity contribution is 5.60. The third-order valence-corrected chi connectivity index (χ3v) is 7.11. The van der Waals surface area contributed by atoms with Gasteiger partial charge in [-0.2, -0.15) is 5.10 Å². The van der Waals surface area contributed by atoms with Crippen LogP contribution in [-0.2, 0) is 22.4 Å². The molecule has 1 fully saturated rings. The summed E-state index contributed by atoms with van der Waals surface area (Å²) in [7, 11) is 4.07. The molecule has 0 amide bonds. The molecule has 0 saturated carbocycles. The van der Waals surface area contributed by atoms with Gasteiger partial charge in [0.1, 0.15) is 5.60 Å². The fourth-order valence-electron chi connectivity index (χ4n) is 5.29. The first kappa shape index (κ1) is 30.7. The standard InChI is InChI=1S/C32H46N6O3/c1-9-29-28(30-33-23(2)19-24(3)38(30)34-29)20-26-14-12-25(13-15-26)11-10-16-36-17-18-37(27(22-36)21-35(7)8)41-31(39)40-32(4,5)6/h10-15,19,27H,9,16-18,20-22H2,1-8H3/b11-10+/t27-/m0/s1. The highest BCUT2D eigenvalue weighted by Gasteiger charge is 2.31. The van der Waals surface area contributed by atoms with Gasteiger partial charge in [-0.05, 0) is 72.3 Å². The average molecular weight is 563 g/mol. The first-order valence-corrected chi connectivity index (χ1v) is 14.6. The molecule has 0 radical (unpaired) electrons. The highest BCUT2D eigenvalue weighted by Crippen LogP contribution is 2.22. The minimum atomic E-state index is -0.646. The predicted molar refractivity (Wildman–Crippen MR) is 163 cm³/mol. The zero-order chi connectivity index (χ0) is 29.7. The van der Waals surface area contributed by atoms with Crippen LogP contribution in [0.2, 0.25) is 0 Å². The van der Waals surface area contributed by atoms with E-state index in [0.717, 1.165) is 61.7 Å². The Morgan fingerprint density at radius 3 is 2.54 bits per heavy atom. The molecule has 1 saturated heterocycles. The maximum Gasteiger partial charge on any atom is 0.528 e. The molecule has 9 nitrogen and oxygen atoms in total. The van der Waals surface area contributed by atoms with Gasteiger partial charge >= 0.3 is 6.16 Å². The van der Waals surface area contributed by atoms with Gasteiger partial charge in [0.2, 0.25) is 0 Å². The quantitative estimate of drug-likeness (QED) is 0.340. The van der Waals surface area contributed by atoms with Crippen LogP contribution in [0.4, 0.5) is 4.79 Å². The predicted octanol–water partition coefficient (Wildman–Crippen LogP) is 4.93. The number of fused-ring (bicyclic) bond motifs is 1. The minimum absolute atomic E-state index is 0.0638. The number of rotatable bonds is 9. The highest BCUT2D eigenvalue weighted by atomic mass is 16.8. The minimum Gasteiger partial charge on any atom is -0.427 e. The maximum absolute atomic E-state index is 12.3. The second-order valence-corrected chi connectivity index (χ2v) is 12.2. The lowest BCUT2D eigenvalue weighted by molar-refractivity contribution is -0.186. The van der Waals surface area contributed by atoms with E-state index in [0.29, 0.717) is 6.54 Å². The van der Waals surface area contributed by atoms with E-state index in [2.05, 4.69) is 66.1 Å². The molecule has 3 aromatic rings. The van der Waals surface area contributed by atoms with E-state index in [9.17, 15) is 4.79 Å². The Hall–Kier alpha value is -3.27. The molecular weight excluding hydrogens is 516 g/mol. The summed E-state index contributed by atoms with van der Waals surface area (Å²) < 4.78 is 7.34. The normalized spacial score (nSPS) is 17.1. The molecule has 0 aliphatic carbocycles. The topological polar surface area (TPSA) is 75.4 Å². The number of hydrogen-bond acceptors (Lipinski definition) is 8. The molecule has 0 unspecified atom stereocenters. The van der Waals surface area contributed by atoms with Crippen LogP contribution in [0.15, 0.2) is 36.4 Å². The second kappa shape index (κ2) is 13.1. The lowest BCUT2D eigenvalue weighted by Gasteiger charge is -2.40.